The van der Waals surface area contributed by atoms with Crippen molar-refractivity contribution in [2.75, 3.05) is 13.4 Å². The summed E-state index contributed by atoms with van der Waals surface area (Å²) in [6.45, 7) is 4.42. The molecule has 4 heteroatoms. The van der Waals surface area contributed by atoms with Gasteiger partial charge in [0.05, 0.1) is 6.61 Å². The van der Waals surface area contributed by atoms with Crippen LogP contribution < -0.4 is 9.47 Å². The molecule has 1 aliphatic heterocycles. The molecular weight excluding hydrogens is 232 g/mol. The Morgan fingerprint density at radius 2 is 2.11 bits per heavy atom. The topological polar surface area (TPSA) is 44.8 Å². The smallest absolute Gasteiger partial charge is 0.331 e. The molecular formula is C14H16O4. The van der Waals surface area contributed by atoms with Crippen molar-refractivity contribution in [3.63, 3.8) is 0 Å². The molecule has 1 aliphatic rings. The summed E-state index contributed by atoms with van der Waals surface area (Å²) in [5, 5.41) is 0. The van der Waals surface area contributed by atoms with Crippen LogP contribution in [0.1, 0.15) is 25.8 Å². The molecule has 96 valence electrons. The third kappa shape index (κ3) is 2.64. The summed E-state index contributed by atoms with van der Waals surface area (Å²) >= 11 is 0. The second kappa shape index (κ2) is 5.58. The summed E-state index contributed by atoms with van der Waals surface area (Å²) in [4.78, 5) is 11.5. The maximum atomic E-state index is 11.5. The molecule has 1 heterocycles. The molecule has 2 rings (SSSR count). The van der Waals surface area contributed by atoms with Crippen molar-refractivity contribution in [1.82, 2.24) is 0 Å². The van der Waals surface area contributed by atoms with Crippen molar-refractivity contribution in [2.24, 2.45) is 0 Å². The first-order valence-electron chi connectivity index (χ1n) is 6.02. The van der Waals surface area contributed by atoms with Crippen molar-refractivity contribution in [3.05, 3.63) is 29.8 Å². The van der Waals surface area contributed by atoms with Crippen LogP contribution in [0.3, 0.4) is 0 Å². The van der Waals surface area contributed by atoms with Crippen LogP contribution in [0.2, 0.25) is 0 Å². The summed E-state index contributed by atoms with van der Waals surface area (Å²) < 4.78 is 15.5. The summed E-state index contributed by atoms with van der Waals surface area (Å²) in [5.41, 5.74) is 1.88. The van der Waals surface area contributed by atoms with E-state index in [2.05, 4.69) is 0 Å². The number of carbonyl (C=O) groups is 1. The van der Waals surface area contributed by atoms with Crippen LogP contribution in [0, 0.1) is 0 Å². The molecule has 4 nitrogen and oxygen atoms in total. The van der Waals surface area contributed by atoms with Gasteiger partial charge in [0, 0.05) is 6.08 Å². The minimum atomic E-state index is -0.313. The standard InChI is InChI=1S/C14H16O4/c1-3-10(8-14(15)16-4-2)11-5-6-12-13(7-11)18-9-17-12/h5-8H,3-4,9H2,1-2H3/b10-8+. The van der Waals surface area contributed by atoms with E-state index in [1.165, 1.54) is 6.08 Å². The molecule has 0 aliphatic carbocycles. The van der Waals surface area contributed by atoms with Crippen LogP contribution in [0.4, 0.5) is 0 Å². The number of benzene rings is 1. The highest BCUT2D eigenvalue weighted by atomic mass is 16.7. The molecule has 0 saturated carbocycles. The second-order valence-corrected chi connectivity index (χ2v) is 3.84. The SMILES string of the molecule is CCOC(=O)/C=C(\CC)c1ccc2c(c1)OCO2. The number of allylic oxidation sites excluding steroid dienone is 1. The Balaban J connectivity index is 2.25. The lowest BCUT2D eigenvalue weighted by Crippen LogP contribution is -2.00. The van der Waals surface area contributed by atoms with Gasteiger partial charge in [-0.05, 0) is 36.6 Å². The Kier molecular flexibility index (Phi) is 3.87. The highest BCUT2D eigenvalue weighted by molar-refractivity contribution is 5.91. The summed E-state index contributed by atoms with van der Waals surface area (Å²) in [6, 6.07) is 5.66. The molecule has 0 amide bonds. The number of esters is 1. The summed E-state index contributed by atoms with van der Waals surface area (Å²) in [7, 11) is 0. The number of ether oxygens (including phenoxy) is 3. The van der Waals surface area contributed by atoms with Gasteiger partial charge in [0.15, 0.2) is 11.5 Å². The quantitative estimate of drug-likeness (QED) is 0.607. The van der Waals surface area contributed by atoms with E-state index in [0.717, 1.165) is 29.1 Å². The molecule has 0 unspecified atom stereocenters. The van der Waals surface area contributed by atoms with Crippen LogP contribution in [0.25, 0.3) is 5.57 Å². The average molecular weight is 248 g/mol. The number of fused-ring (bicyclic) bond motifs is 1. The lowest BCUT2D eigenvalue weighted by atomic mass is 10.0. The second-order valence-electron chi connectivity index (χ2n) is 3.84. The molecule has 0 N–H and O–H groups in total. The minimum absolute atomic E-state index is 0.252. The van der Waals surface area contributed by atoms with Gasteiger partial charge in [-0.25, -0.2) is 4.79 Å². The van der Waals surface area contributed by atoms with Crippen LogP contribution >= 0.6 is 0 Å². The fourth-order valence-electron chi connectivity index (χ4n) is 1.81. The van der Waals surface area contributed by atoms with Crippen LogP contribution in [-0.2, 0) is 9.53 Å². The van der Waals surface area contributed by atoms with E-state index in [-0.39, 0.29) is 12.8 Å². The van der Waals surface area contributed by atoms with Gasteiger partial charge in [-0.1, -0.05) is 13.0 Å². The minimum Gasteiger partial charge on any atom is -0.463 e. The molecule has 1 aromatic carbocycles. The van der Waals surface area contributed by atoms with Crippen molar-refractivity contribution >= 4 is 11.5 Å². The number of hydrogen-bond donors (Lipinski definition) is 0. The predicted octanol–water partition coefficient (Wildman–Crippen LogP) is 2.77. The van der Waals surface area contributed by atoms with Gasteiger partial charge in [0.2, 0.25) is 6.79 Å². The lowest BCUT2D eigenvalue weighted by Gasteiger charge is -2.06. The van der Waals surface area contributed by atoms with E-state index in [9.17, 15) is 4.79 Å². The van der Waals surface area contributed by atoms with Crippen molar-refractivity contribution in [3.8, 4) is 11.5 Å². The maximum absolute atomic E-state index is 11.5. The average Bonchev–Trinajstić information content (AvgIpc) is 2.83. The van der Waals surface area contributed by atoms with E-state index < -0.39 is 0 Å². The molecule has 0 saturated heterocycles. The number of carbonyl (C=O) groups excluding carboxylic acids is 1. The van der Waals surface area contributed by atoms with Crippen LogP contribution in [0.15, 0.2) is 24.3 Å². The van der Waals surface area contributed by atoms with Gasteiger partial charge in [-0.15, -0.1) is 0 Å². The van der Waals surface area contributed by atoms with Gasteiger partial charge in [0.25, 0.3) is 0 Å². The molecule has 18 heavy (non-hydrogen) atoms. The highest BCUT2D eigenvalue weighted by Crippen LogP contribution is 2.35. The van der Waals surface area contributed by atoms with E-state index in [4.69, 9.17) is 14.2 Å². The van der Waals surface area contributed by atoms with Gasteiger partial charge >= 0.3 is 5.97 Å². The fraction of sp³-hybridized carbons (Fsp3) is 0.357. The fourth-order valence-corrected chi connectivity index (χ4v) is 1.81. The van der Waals surface area contributed by atoms with Gasteiger partial charge in [0.1, 0.15) is 0 Å². The number of hydrogen-bond acceptors (Lipinski definition) is 4. The summed E-state index contributed by atoms with van der Waals surface area (Å²) in [5.74, 6) is 1.15. The third-order valence-corrected chi connectivity index (χ3v) is 2.70. The Labute approximate surface area is 106 Å². The Bertz CT molecular complexity index is 477. The largest absolute Gasteiger partial charge is 0.463 e. The van der Waals surface area contributed by atoms with Crippen LogP contribution in [0.5, 0.6) is 11.5 Å². The Morgan fingerprint density at radius 3 is 2.83 bits per heavy atom. The Morgan fingerprint density at radius 1 is 1.33 bits per heavy atom. The molecule has 0 spiro atoms. The first kappa shape index (κ1) is 12.5. The van der Waals surface area contributed by atoms with E-state index in [0.29, 0.717) is 6.61 Å². The first-order valence-corrected chi connectivity index (χ1v) is 6.02. The van der Waals surface area contributed by atoms with Crippen molar-refractivity contribution in [1.29, 1.82) is 0 Å². The van der Waals surface area contributed by atoms with E-state index in [1.54, 1.807) is 6.92 Å². The monoisotopic (exact) mass is 248 g/mol. The lowest BCUT2D eigenvalue weighted by molar-refractivity contribution is -0.137. The number of rotatable bonds is 4. The molecule has 1 aromatic rings. The van der Waals surface area contributed by atoms with Crippen LogP contribution in [-0.4, -0.2) is 19.4 Å². The Hall–Kier alpha value is -1.97. The predicted molar refractivity (Wildman–Crippen MR) is 67.5 cm³/mol. The summed E-state index contributed by atoms with van der Waals surface area (Å²) in [6.07, 6.45) is 2.28. The van der Waals surface area contributed by atoms with Gasteiger partial charge < -0.3 is 14.2 Å². The zero-order valence-corrected chi connectivity index (χ0v) is 10.6. The van der Waals surface area contributed by atoms with E-state index in [1.807, 2.05) is 25.1 Å². The molecule has 0 radical (unpaired) electrons. The highest BCUT2D eigenvalue weighted by Gasteiger charge is 2.14. The third-order valence-electron chi connectivity index (χ3n) is 2.70. The first-order chi connectivity index (χ1) is 8.74. The van der Waals surface area contributed by atoms with Gasteiger partial charge in [-0.3, -0.25) is 0 Å². The molecule has 0 fully saturated rings. The van der Waals surface area contributed by atoms with Crippen molar-refractivity contribution in [2.45, 2.75) is 20.3 Å². The normalized spacial score (nSPS) is 13.6. The van der Waals surface area contributed by atoms with Crippen molar-refractivity contribution < 1.29 is 19.0 Å². The zero-order chi connectivity index (χ0) is 13.0. The van der Waals surface area contributed by atoms with Gasteiger partial charge in [-0.2, -0.15) is 0 Å². The zero-order valence-electron chi connectivity index (χ0n) is 10.6. The molecule has 0 aromatic heterocycles. The van der Waals surface area contributed by atoms with E-state index >= 15 is 0 Å². The maximum Gasteiger partial charge on any atom is 0.331 e. The molecule has 0 atom stereocenters. The molecule has 0 bridgehead atoms.